The number of carbonyl (C=O) groups excluding carboxylic acids is 1. The second-order valence-electron chi connectivity index (χ2n) is 8.49. The fourth-order valence-electron chi connectivity index (χ4n) is 4.43. The standard InChI is InChI=1S/C23H28N6O3/c1-28-13-21(26-15-28)23(30)27-16-2-4-18(5-3-16)32-22-11-17(29-6-8-31-9-7-29)10-20-19(22)12-24-14-25-20/h10-16,18H,2-9H2,1H3,(H,27,30)/t16-,18+. The van der Waals surface area contributed by atoms with E-state index in [9.17, 15) is 4.79 Å². The molecule has 1 saturated carbocycles. The number of amides is 1. The van der Waals surface area contributed by atoms with Crippen molar-refractivity contribution in [2.45, 2.75) is 37.8 Å². The van der Waals surface area contributed by atoms with Crippen LogP contribution in [0.3, 0.4) is 0 Å². The van der Waals surface area contributed by atoms with Gasteiger partial charge in [-0.1, -0.05) is 0 Å². The van der Waals surface area contributed by atoms with Gasteiger partial charge in [0.15, 0.2) is 0 Å². The summed E-state index contributed by atoms with van der Waals surface area (Å²) in [7, 11) is 1.86. The Morgan fingerprint density at radius 3 is 2.72 bits per heavy atom. The Morgan fingerprint density at radius 2 is 1.97 bits per heavy atom. The van der Waals surface area contributed by atoms with E-state index < -0.39 is 0 Å². The van der Waals surface area contributed by atoms with Crippen molar-refractivity contribution >= 4 is 22.5 Å². The summed E-state index contributed by atoms with van der Waals surface area (Å²) in [5, 5.41) is 4.03. The normalized spacial score (nSPS) is 21.5. The van der Waals surface area contributed by atoms with Gasteiger partial charge in [-0.2, -0.15) is 0 Å². The predicted octanol–water partition coefficient (Wildman–Crippen LogP) is 2.32. The van der Waals surface area contributed by atoms with E-state index >= 15 is 0 Å². The van der Waals surface area contributed by atoms with E-state index in [2.05, 4.69) is 37.3 Å². The molecule has 2 aromatic heterocycles. The number of hydrogen-bond acceptors (Lipinski definition) is 7. The summed E-state index contributed by atoms with van der Waals surface area (Å²) in [6.45, 7) is 3.17. The van der Waals surface area contributed by atoms with Crippen LogP contribution in [0.5, 0.6) is 5.75 Å². The maximum Gasteiger partial charge on any atom is 0.271 e. The predicted molar refractivity (Wildman–Crippen MR) is 120 cm³/mol. The first-order valence-corrected chi connectivity index (χ1v) is 11.2. The minimum Gasteiger partial charge on any atom is -0.490 e. The number of nitrogens with zero attached hydrogens (tertiary/aromatic N) is 5. The van der Waals surface area contributed by atoms with Crippen LogP contribution in [0.4, 0.5) is 5.69 Å². The molecule has 2 aliphatic rings. The Kier molecular flexibility index (Phi) is 5.89. The van der Waals surface area contributed by atoms with Gasteiger partial charge in [0.1, 0.15) is 17.8 Å². The molecule has 0 atom stereocenters. The van der Waals surface area contributed by atoms with Crippen LogP contribution in [-0.2, 0) is 11.8 Å². The zero-order valence-corrected chi connectivity index (χ0v) is 18.2. The number of aromatic nitrogens is 4. The van der Waals surface area contributed by atoms with Gasteiger partial charge in [-0.3, -0.25) is 4.79 Å². The van der Waals surface area contributed by atoms with Crippen LogP contribution in [0.2, 0.25) is 0 Å². The van der Waals surface area contributed by atoms with Gasteiger partial charge in [0.25, 0.3) is 5.91 Å². The van der Waals surface area contributed by atoms with Crippen molar-refractivity contribution in [3.05, 3.63) is 42.9 Å². The van der Waals surface area contributed by atoms with Gasteiger partial charge in [-0.15, -0.1) is 0 Å². The summed E-state index contributed by atoms with van der Waals surface area (Å²) in [6, 6.07) is 4.34. The zero-order chi connectivity index (χ0) is 21.9. The third kappa shape index (κ3) is 4.52. The minimum atomic E-state index is -0.115. The molecule has 0 radical (unpaired) electrons. The van der Waals surface area contributed by atoms with Crippen LogP contribution in [0.15, 0.2) is 37.2 Å². The number of aryl methyl sites for hydroxylation is 1. The average molecular weight is 437 g/mol. The van der Waals surface area contributed by atoms with Gasteiger partial charge in [-0.25, -0.2) is 15.0 Å². The number of nitrogens with one attached hydrogen (secondary N) is 1. The van der Waals surface area contributed by atoms with Crippen molar-refractivity contribution in [2.24, 2.45) is 7.05 Å². The fourth-order valence-corrected chi connectivity index (χ4v) is 4.43. The second kappa shape index (κ2) is 9.12. The number of benzene rings is 1. The van der Waals surface area contributed by atoms with Crippen LogP contribution in [0.25, 0.3) is 10.9 Å². The molecule has 3 heterocycles. The molecule has 9 heteroatoms. The van der Waals surface area contributed by atoms with E-state index in [0.717, 1.165) is 74.3 Å². The largest absolute Gasteiger partial charge is 0.490 e. The molecule has 168 valence electrons. The van der Waals surface area contributed by atoms with Gasteiger partial charge in [-0.05, 0) is 31.7 Å². The lowest BCUT2D eigenvalue weighted by Gasteiger charge is -2.31. The van der Waals surface area contributed by atoms with Crippen LogP contribution in [0, 0.1) is 0 Å². The summed E-state index contributed by atoms with van der Waals surface area (Å²) >= 11 is 0. The number of morpholine rings is 1. The van der Waals surface area contributed by atoms with Crippen LogP contribution in [-0.4, -0.2) is 63.9 Å². The molecular weight excluding hydrogens is 408 g/mol. The van der Waals surface area contributed by atoms with Gasteiger partial charge in [0.2, 0.25) is 0 Å². The van der Waals surface area contributed by atoms with Gasteiger partial charge in [0.05, 0.1) is 36.5 Å². The molecule has 1 N–H and O–H groups in total. The van der Waals surface area contributed by atoms with E-state index in [0.29, 0.717) is 5.69 Å². The molecule has 32 heavy (non-hydrogen) atoms. The SMILES string of the molecule is Cn1cnc(C(=O)N[C@H]2CC[C@@H](Oc3cc(N4CCOCC4)cc4ncncc34)CC2)c1. The first-order valence-electron chi connectivity index (χ1n) is 11.2. The van der Waals surface area contributed by atoms with E-state index in [1.807, 2.05) is 13.2 Å². The molecule has 1 aliphatic heterocycles. The molecule has 1 amide bonds. The van der Waals surface area contributed by atoms with Crippen LogP contribution >= 0.6 is 0 Å². The lowest BCUT2D eigenvalue weighted by Crippen LogP contribution is -2.39. The lowest BCUT2D eigenvalue weighted by molar-refractivity contribution is 0.0890. The number of hydrogen-bond donors (Lipinski definition) is 1. The molecule has 1 saturated heterocycles. The molecule has 1 aliphatic carbocycles. The number of imidazole rings is 1. The van der Waals surface area contributed by atoms with Gasteiger partial charge < -0.3 is 24.3 Å². The molecule has 0 spiro atoms. The Morgan fingerprint density at radius 1 is 1.16 bits per heavy atom. The molecule has 1 aromatic carbocycles. The Labute approximate surface area is 186 Å². The van der Waals surface area contributed by atoms with Crippen LogP contribution in [0.1, 0.15) is 36.2 Å². The smallest absolute Gasteiger partial charge is 0.271 e. The summed E-state index contributed by atoms with van der Waals surface area (Å²) in [5.74, 6) is 0.710. The summed E-state index contributed by atoms with van der Waals surface area (Å²) < 4.78 is 13.7. The third-order valence-electron chi connectivity index (χ3n) is 6.19. The highest BCUT2D eigenvalue weighted by atomic mass is 16.5. The Hall–Kier alpha value is -3.20. The number of carbonyl (C=O) groups is 1. The zero-order valence-electron chi connectivity index (χ0n) is 18.2. The molecular formula is C23H28N6O3. The molecule has 0 bridgehead atoms. The van der Waals surface area contributed by atoms with E-state index in [1.54, 1.807) is 23.4 Å². The number of fused-ring (bicyclic) bond motifs is 1. The molecule has 2 fully saturated rings. The van der Waals surface area contributed by atoms with Crippen molar-refractivity contribution in [3.8, 4) is 5.75 Å². The first kappa shape index (κ1) is 20.7. The Balaban J connectivity index is 1.25. The quantitative estimate of drug-likeness (QED) is 0.656. The molecule has 9 nitrogen and oxygen atoms in total. The fraction of sp³-hybridized carbons (Fsp3) is 0.478. The van der Waals surface area contributed by atoms with E-state index in [1.165, 1.54) is 0 Å². The number of ether oxygens (including phenoxy) is 2. The van der Waals surface area contributed by atoms with Crippen molar-refractivity contribution < 1.29 is 14.3 Å². The Bertz CT molecular complexity index is 1090. The molecule has 0 unspecified atom stereocenters. The first-order chi connectivity index (χ1) is 15.7. The van der Waals surface area contributed by atoms with Crippen molar-refractivity contribution in [3.63, 3.8) is 0 Å². The summed E-state index contributed by atoms with van der Waals surface area (Å²) in [5.41, 5.74) is 2.44. The van der Waals surface area contributed by atoms with Gasteiger partial charge >= 0.3 is 0 Å². The monoisotopic (exact) mass is 436 g/mol. The highest BCUT2D eigenvalue weighted by Gasteiger charge is 2.25. The lowest BCUT2D eigenvalue weighted by atomic mass is 9.92. The topological polar surface area (TPSA) is 94.4 Å². The van der Waals surface area contributed by atoms with E-state index in [4.69, 9.17) is 9.47 Å². The summed E-state index contributed by atoms with van der Waals surface area (Å²) in [6.07, 6.45) is 10.4. The van der Waals surface area contributed by atoms with Crippen molar-refractivity contribution in [1.82, 2.24) is 24.8 Å². The summed E-state index contributed by atoms with van der Waals surface area (Å²) in [4.78, 5) is 27.5. The highest BCUT2D eigenvalue weighted by Crippen LogP contribution is 2.33. The van der Waals surface area contributed by atoms with Crippen molar-refractivity contribution in [1.29, 1.82) is 0 Å². The van der Waals surface area contributed by atoms with Crippen molar-refractivity contribution in [2.75, 3.05) is 31.2 Å². The third-order valence-corrected chi connectivity index (χ3v) is 6.19. The average Bonchev–Trinajstić information content (AvgIpc) is 3.27. The second-order valence-corrected chi connectivity index (χ2v) is 8.49. The molecule has 3 aromatic rings. The van der Waals surface area contributed by atoms with E-state index in [-0.39, 0.29) is 18.1 Å². The minimum absolute atomic E-state index is 0.0985. The maximum absolute atomic E-state index is 12.4. The number of anilines is 1. The highest BCUT2D eigenvalue weighted by molar-refractivity contribution is 5.92. The maximum atomic E-state index is 12.4. The molecule has 5 rings (SSSR count). The number of rotatable bonds is 5. The van der Waals surface area contributed by atoms with Gasteiger partial charge in [0, 0.05) is 50.3 Å². The van der Waals surface area contributed by atoms with Crippen LogP contribution < -0.4 is 15.0 Å².